The van der Waals surface area contributed by atoms with E-state index in [2.05, 4.69) is 4.98 Å². The normalized spacial score (nSPS) is 11.0. The highest BCUT2D eigenvalue weighted by atomic mass is 35.5. The number of carbonyl (C=O) groups is 1. The highest BCUT2D eigenvalue weighted by Gasteiger charge is 2.23. The van der Waals surface area contributed by atoms with Crippen LogP contribution in [0.2, 0.25) is 5.02 Å². The van der Waals surface area contributed by atoms with Gasteiger partial charge in [-0.25, -0.2) is 4.98 Å². The van der Waals surface area contributed by atoms with Gasteiger partial charge in [0, 0.05) is 23.0 Å². The Hall–Kier alpha value is -2.76. The van der Waals surface area contributed by atoms with Crippen molar-refractivity contribution in [3.05, 3.63) is 87.7 Å². The molecule has 29 heavy (non-hydrogen) atoms. The van der Waals surface area contributed by atoms with Crippen LogP contribution in [-0.4, -0.2) is 15.9 Å². The summed E-state index contributed by atoms with van der Waals surface area (Å²) in [5.74, 6) is -0.0641. The third-order valence-electron chi connectivity index (χ3n) is 4.83. The van der Waals surface area contributed by atoms with E-state index in [1.54, 1.807) is 17.3 Å². The van der Waals surface area contributed by atoms with E-state index >= 15 is 0 Å². The van der Waals surface area contributed by atoms with Crippen molar-refractivity contribution in [2.45, 2.75) is 27.3 Å². The molecule has 2 heterocycles. The third-order valence-corrected chi connectivity index (χ3v) is 6.07. The summed E-state index contributed by atoms with van der Waals surface area (Å²) < 4.78 is 0.971. The first-order chi connectivity index (χ1) is 13.9. The molecule has 0 atom stereocenters. The fourth-order valence-electron chi connectivity index (χ4n) is 3.27. The highest BCUT2D eigenvalue weighted by Crippen LogP contribution is 2.34. The lowest BCUT2D eigenvalue weighted by Crippen LogP contribution is -2.31. The van der Waals surface area contributed by atoms with E-state index in [9.17, 15) is 4.79 Å². The molecular formula is C23H20ClN3OS. The summed E-state index contributed by atoms with van der Waals surface area (Å²) >= 11 is 7.71. The van der Waals surface area contributed by atoms with E-state index in [0.29, 0.717) is 22.3 Å². The molecule has 4 nitrogen and oxygen atoms in total. The Morgan fingerprint density at radius 3 is 2.55 bits per heavy atom. The molecule has 6 heteroatoms. The average Bonchev–Trinajstić information content (AvgIpc) is 3.12. The second-order valence-electron chi connectivity index (χ2n) is 7.13. The summed E-state index contributed by atoms with van der Waals surface area (Å²) in [4.78, 5) is 24.2. The van der Waals surface area contributed by atoms with E-state index in [-0.39, 0.29) is 5.91 Å². The summed E-state index contributed by atoms with van der Waals surface area (Å²) in [6, 6.07) is 13.6. The third kappa shape index (κ3) is 4.02. The molecule has 0 aliphatic rings. The number of benzene rings is 2. The lowest BCUT2D eigenvalue weighted by molar-refractivity contribution is 0.0984. The molecule has 0 bridgehead atoms. The van der Waals surface area contributed by atoms with Crippen LogP contribution in [0, 0.1) is 20.8 Å². The van der Waals surface area contributed by atoms with Gasteiger partial charge < -0.3 is 0 Å². The van der Waals surface area contributed by atoms with E-state index in [0.717, 1.165) is 32.5 Å². The van der Waals surface area contributed by atoms with Crippen molar-refractivity contribution < 1.29 is 4.79 Å². The zero-order valence-electron chi connectivity index (χ0n) is 16.4. The molecule has 146 valence electrons. The topological polar surface area (TPSA) is 46.1 Å². The van der Waals surface area contributed by atoms with Gasteiger partial charge in [-0.1, -0.05) is 40.6 Å². The minimum absolute atomic E-state index is 0.0641. The molecule has 0 fully saturated rings. The number of aromatic nitrogens is 2. The molecule has 1 amide bonds. The number of anilines is 1. The summed E-state index contributed by atoms with van der Waals surface area (Å²) in [5.41, 5.74) is 5.55. The summed E-state index contributed by atoms with van der Waals surface area (Å²) in [5, 5.41) is 1.33. The van der Waals surface area contributed by atoms with Crippen LogP contribution in [0.1, 0.15) is 32.6 Å². The standard InChI is InChI=1S/C23H20ClN3OS/c1-14-4-5-15(2)19(10-14)22(28)27(13-17-6-8-25-9-7-17)23-26-21-16(3)11-18(24)12-20(21)29-23/h4-12H,13H2,1-3H3. The van der Waals surface area contributed by atoms with Gasteiger partial charge in [0.2, 0.25) is 0 Å². The predicted molar refractivity (Wildman–Crippen MR) is 120 cm³/mol. The smallest absolute Gasteiger partial charge is 0.260 e. The molecule has 2 aromatic heterocycles. The van der Waals surface area contributed by atoms with Crippen LogP contribution in [0.25, 0.3) is 10.2 Å². The summed E-state index contributed by atoms with van der Waals surface area (Å²) in [6.45, 7) is 6.35. The van der Waals surface area contributed by atoms with Crippen LogP contribution < -0.4 is 4.90 Å². The lowest BCUT2D eigenvalue weighted by atomic mass is 10.0. The number of pyridine rings is 1. The largest absolute Gasteiger partial charge is 0.279 e. The van der Waals surface area contributed by atoms with E-state index in [1.807, 2.05) is 63.2 Å². The number of carbonyl (C=O) groups excluding carboxylic acids is 1. The molecule has 4 aromatic rings. The Kier molecular flexibility index (Phi) is 5.35. The van der Waals surface area contributed by atoms with E-state index in [4.69, 9.17) is 16.6 Å². The zero-order valence-corrected chi connectivity index (χ0v) is 18.0. The minimum Gasteiger partial charge on any atom is -0.279 e. The highest BCUT2D eigenvalue weighted by molar-refractivity contribution is 7.22. The van der Waals surface area contributed by atoms with Crippen LogP contribution in [0.5, 0.6) is 0 Å². The number of halogens is 1. The van der Waals surface area contributed by atoms with Gasteiger partial charge in [0.15, 0.2) is 5.13 Å². The summed E-state index contributed by atoms with van der Waals surface area (Å²) in [7, 11) is 0. The van der Waals surface area contributed by atoms with Crippen LogP contribution >= 0.6 is 22.9 Å². The molecule has 0 radical (unpaired) electrons. The maximum Gasteiger partial charge on any atom is 0.260 e. The number of nitrogens with zero attached hydrogens (tertiary/aromatic N) is 3. The zero-order chi connectivity index (χ0) is 20.5. The molecule has 0 N–H and O–H groups in total. The Morgan fingerprint density at radius 2 is 1.79 bits per heavy atom. The van der Waals surface area contributed by atoms with Gasteiger partial charge in [0.05, 0.1) is 16.8 Å². The Labute approximate surface area is 178 Å². The first-order valence-electron chi connectivity index (χ1n) is 9.27. The minimum atomic E-state index is -0.0641. The number of rotatable bonds is 4. The van der Waals surface area contributed by atoms with Gasteiger partial charge in [-0.2, -0.15) is 0 Å². The fourth-order valence-corrected chi connectivity index (χ4v) is 4.68. The SMILES string of the molecule is Cc1ccc(C)c(C(=O)N(Cc2ccncc2)c2nc3c(C)cc(Cl)cc3s2)c1. The number of fused-ring (bicyclic) bond motifs is 1. The first kappa shape index (κ1) is 19.6. The molecule has 0 saturated carbocycles. The van der Waals surface area contributed by atoms with E-state index < -0.39 is 0 Å². The number of hydrogen-bond acceptors (Lipinski definition) is 4. The quantitative estimate of drug-likeness (QED) is 0.399. The predicted octanol–water partition coefficient (Wildman–Crippen LogP) is 6.12. The van der Waals surface area contributed by atoms with Gasteiger partial charge >= 0.3 is 0 Å². The molecule has 0 saturated heterocycles. The second-order valence-corrected chi connectivity index (χ2v) is 8.58. The molecule has 0 spiro atoms. The number of aryl methyl sites for hydroxylation is 3. The Morgan fingerprint density at radius 1 is 1.03 bits per heavy atom. The van der Waals surface area contributed by atoms with Crippen molar-refractivity contribution in [3.8, 4) is 0 Å². The van der Waals surface area contributed by atoms with Crippen LogP contribution in [0.3, 0.4) is 0 Å². The van der Waals surface area contributed by atoms with Gasteiger partial charge in [0.1, 0.15) is 0 Å². The molecule has 0 aliphatic carbocycles. The van der Waals surface area contributed by atoms with Crippen molar-refractivity contribution in [2.75, 3.05) is 4.90 Å². The van der Waals surface area contributed by atoms with Crippen molar-refractivity contribution >= 4 is 44.2 Å². The van der Waals surface area contributed by atoms with Gasteiger partial charge in [0.25, 0.3) is 5.91 Å². The number of hydrogen-bond donors (Lipinski definition) is 0. The lowest BCUT2D eigenvalue weighted by Gasteiger charge is -2.21. The molecule has 2 aromatic carbocycles. The maximum atomic E-state index is 13.6. The fraction of sp³-hybridized carbons (Fsp3) is 0.174. The van der Waals surface area contributed by atoms with Crippen LogP contribution in [0.4, 0.5) is 5.13 Å². The summed E-state index contributed by atoms with van der Waals surface area (Å²) in [6.07, 6.45) is 3.47. The van der Waals surface area contributed by atoms with Crippen LogP contribution in [-0.2, 0) is 6.54 Å². The Bertz CT molecular complexity index is 1200. The van der Waals surface area contributed by atoms with Gasteiger partial charge in [-0.05, 0) is 67.8 Å². The molecular weight excluding hydrogens is 402 g/mol. The molecule has 0 aliphatic heterocycles. The molecule has 0 unspecified atom stereocenters. The van der Waals surface area contributed by atoms with Gasteiger partial charge in [-0.3, -0.25) is 14.7 Å². The van der Waals surface area contributed by atoms with E-state index in [1.165, 1.54) is 11.3 Å². The second kappa shape index (κ2) is 7.93. The number of thiazole rings is 1. The number of amides is 1. The van der Waals surface area contributed by atoms with Crippen LogP contribution in [0.15, 0.2) is 54.9 Å². The van der Waals surface area contributed by atoms with Crippen molar-refractivity contribution in [3.63, 3.8) is 0 Å². The Balaban J connectivity index is 1.83. The average molecular weight is 422 g/mol. The van der Waals surface area contributed by atoms with Crippen molar-refractivity contribution in [2.24, 2.45) is 0 Å². The van der Waals surface area contributed by atoms with Crippen molar-refractivity contribution in [1.29, 1.82) is 0 Å². The first-order valence-corrected chi connectivity index (χ1v) is 10.5. The van der Waals surface area contributed by atoms with Crippen molar-refractivity contribution in [1.82, 2.24) is 9.97 Å². The molecule has 4 rings (SSSR count). The maximum absolute atomic E-state index is 13.6. The van der Waals surface area contributed by atoms with Gasteiger partial charge in [-0.15, -0.1) is 0 Å². The monoisotopic (exact) mass is 421 g/mol.